The fraction of sp³-hybridized carbons (Fsp3) is 0.444. The maximum absolute atomic E-state index is 11.3. The van der Waals surface area contributed by atoms with Gasteiger partial charge in [0.25, 0.3) is 0 Å². The van der Waals surface area contributed by atoms with Crippen molar-refractivity contribution in [1.29, 1.82) is 5.41 Å². The monoisotopic (exact) mass is 368 g/mol. The molecule has 0 heterocycles. The first-order valence-corrected chi connectivity index (χ1v) is 8.67. The van der Waals surface area contributed by atoms with Crippen LogP contribution >= 0.6 is 11.6 Å². The molecule has 0 bridgehead atoms. The summed E-state index contributed by atoms with van der Waals surface area (Å²) in [5, 5.41) is 17.6. The molecule has 0 aromatic heterocycles. The molecule has 138 valence electrons. The van der Waals surface area contributed by atoms with Crippen molar-refractivity contribution in [2.45, 2.75) is 39.5 Å². The van der Waals surface area contributed by atoms with Gasteiger partial charge in [-0.2, -0.15) is 0 Å². The molecule has 6 nitrogen and oxygen atoms in total. The Hall–Kier alpha value is -2.21. The summed E-state index contributed by atoms with van der Waals surface area (Å²) in [6, 6.07) is 3.09. The fourth-order valence-electron chi connectivity index (χ4n) is 2.02. The minimum Gasteiger partial charge on any atom is -0.493 e. The van der Waals surface area contributed by atoms with Gasteiger partial charge in [0.15, 0.2) is 0 Å². The number of hydrogen-bond donors (Lipinski definition) is 3. The van der Waals surface area contributed by atoms with Crippen molar-refractivity contribution in [3.8, 4) is 11.5 Å². The number of carboxylic acid groups (broad SMARTS) is 1. The topological polar surface area (TPSA) is 106 Å². The van der Waals surface area contributed by atoms with E-state index in [1.165, 1.54) is 6.07 Å². The van der Waals surface area contributed by atoms with Crippen molar-refractivity contribution in [1.82, 2.24) is 0 Å². The molecule has 0 unspecified atom stereocenters. The second-order valence-corrected chi connectivity index (χ2v) is 5.85. The first-order chi connectivity index (χ1) is 12.0. The van der Waals surface area contributed by atoms with Gasteiger partial charge in [-0.25, -0.2) is 4.79 Å². The van der Waals surface area contributed by atoms with Gasteiger partial charge in [0.05, 0.1) is 23.9 Å². The number of nitrogens with one attached hydrogen (secondary N) is 1. The van der Waals surface area contributed by atoms with Crippen LogP contribution in [0.1, 0.15) is 45.1 Å². The predicted octanol–water partition coefficient (Wildman–Crippen LogP) is 3.99. The molecule has 0 fully saturated rings. The van der Waals surface area contributed by atoms with Crippen LogP contribution in [0, 0.1) is 5.41 Å². The Morgan fingerprint density at radius 2 is 1.76 bits per heavy atom. The number of benzene rings is 1. The van der Waals surface area contributed by atoms with Crippen LogP contribution in [-0.2, 0) is 4.79 Å². The Kier molecular flexibility index (Phi) is 8.84. The average molecular weight is 369 g/mol. The molecule has 4 N–H and O–H groups in total. The first kappa shape index (κ1) is 20.8. The highest BCUT2D eigenvalue weighted by atomic mass is 35.5. The largest absolute Gasteiger partial charge is 0.493 e. The quantitative estimate of drug-likeness (QED) is 0.311. The van der Waals surface area contributed by atoms with Gasteiger partial charge in [-0.1, -0.05) is 38.3 Å². The van der Waals surface area contributed by atoms with E-state index in [2.05, 4.69) is 6.92 Å². The van der Waals surface area contributed by atoms with Crippen molar-refractivity contribution < 1.29 is 19.4 Å². The highest BCUT2D eigenvalue weighted by molar-refractivity contribution is 6.33. The number of halogens is 1. The summed E-state index contributed by atoms with van der Waals surface area (Å²) < 4.78 is 11.4. The summed E-state index contributed by atoms with van der Waals surface area (Å²) in [5.74, 6) is -0.479. The molecule has 1 aromatic rings. The predicted molar refractivity (Wildman–Crippen MR) is 99.0 cm³/mol. The third-order valence-corrected chi connectivity index (χ3v) is 3.78. The summed E-state index contributed by atoms with van der Waals surface area (Å²) in [4.78, 5) is 11.3. The van der Waals surface area contributed by atoms with Gasteiger partial charge in [-0.15, -0.1) is 0 Å². The van der Waals surface area contributed by atoms with E-state index < -0.39 is 5.97 Å². The average Bonchev–Trinajstić information content (AvgIpc) is 2.57. The van der Waals surface area contributed by atoms with E-state index in [1.54, 1.807) is 6.07 Å². The van der Waals surface area contributed by atoms with Gasteiger partial charge >= 0.3 is 5.97 Å². The molecule has 0 aliphatic carbocycles. The van der Waals surface area contributed by atoms with E-state index in [0.29, 0.717) is 29.7 Å². The highest BCUT2D eigenvalue weighted by Crippen LogP contribution is 2.34. The van der Waals surface area contributed by atoms with Crippen LogP contribution in [0.15, 0.2) is 23.9 Å². The Morgan fingerprint density at radius 1 is 1.20 bits per heavy atom. The second kappa shape index (κ2) is 10.6. The fourth-order valence-corrected chi connectivity index (χ4v) is 2.24. The van der Waals surface area contributed by atoms with E-state index in [0.717, 1.165) is 31.9 Å². The molecule has 25 heavy (non-hydrogen) atoms. The van der Waals surface area contributed by atoms with Crippen LogP contribution in [0.2, 0.25) is 5.02 Å². The van der Waals surface area contributed by atoms with Crippen molar-refractivity contribution >= 4 is 23.3 Å². The highest BCUT2D eigenvalue weighted by Gasteiger charge is 2.21. The molecule has 0 spiro atoms. The molecule has 7 heteroatoms. The van der Waals surface area contributed by atoms with Crippen molar-refractivity contribution in [3.63, 3.8) is 0 Å². The Balaban J connectivity index is 3.22. The Bertz CT molecular complexity index is 644. The summed E-state index contributed by atoms with van der Waals surface area (Å²) in [6.45, 7) is 5.06. The third-order valence-electron chi connectivity index (χ3n) is 3.48. The van der Waals surface area contributed by atoms with Crippen LogP contribution in [0.4, 0.5) is 0 Å². The summed E-state index contributed by atoms with van der Waals surface area (Å²) in [7, 11) is 0. The zero-order chi connectivity index (χ0) is 18.8. The second-order valence-electron chi connectivity index (χ2n) is 5.44. The molecule has 0 saturated heterocycles. The normalized spacial score (nSPS) is 11.2. The molecule has 1 rings (SSSR count). The Morgan fingerprint density at radius 3 is 2.24 bits per heavy atom. The number of unbranched alkanes of at least 4 members (excludes halogenated alkanes) is 2. The van der Waals surface area contributed by atoms with Crippen molar-refractivity contribution in [3.05, 3.63) is 34.5 Å². The molecule has 0 saturated carbocycles. The zero-order valence-electron chi connectivity index (χ0n) is 14.6. The molecule has 0 atom stereocenters. The van der Waals surface area contributed by atoms with E-state index in [4.69, 9.17) is 32.2 Å². The van der Waals surface area contributed by atoms with Gasteiger partial charge < -0.3 is 20.3 Å². The number of hydrogen-bond acceptors (Lipinski definition) is 5. The lowest BCUT2D eigenvalue weighted by Crippen LogP contribution is -2.16. The van der Waals surface area contributed by atoms with E-state index >= 15 is 0 Å². The first-order valence-electron chi connectivity index (χ1n) is 8.29. The van der Waals surface area contributed by atoms with Gasteiger partial charge in [0.1, 0.15) is 17.1 Å². The van der Waals surface area contributed by atoms with Crippen LogP contribution in [-0.4, -0.2) is 30.0 Å². The van der Waals surface area contributed by atoms with Crippen LogP contribution in [0.5, 0.6) is 11.5 Å². The van der Waals surface area contributed by atoms with Gasteiger partial charge in [0, 0.05) is 17.8 Å². The number of carbonyl (C=O) groups is 1. The maximum atomic E-state index is 11.3. The summed E-state index contributed by atoms with van der Waals surface area (Å²) >= 11 is 6.24. The lowest BCUT2D eigenvalue weighted by molar-refractivity contribution is -0.132. The van der Waals surface area contributed by atoms with E-state index in [1.807, 2.05) is 6.92 Å². The molecule has 0 aliphatic rings. The number of rotatable bonds is 11. The zero-order valence-corrected chi connectivity index (χ0v) is 15.4. The number of ether oxygens (including phenoxy) is 2. The minimum absolute atomic E-state index is 0.261. The van der Waals surface area contributed by atoms with Crippen LogP contribution in [0.3, 0.4) is 0 Å². The van der Waals surface area contributed by atoms with Crippen LogP contribution < -0.4 is 15.2 Å². The molecule has 0 radical (unpaired) electrons. The summed E-state index contributed by atoms with van der Waals surface area (Å²) in [6.07, 6.45) is 4.55. The standard InChI is InChI=1S/C18H25ClN2O4/c1-3-5-7-24-15-10-16(25-8-6-4-2)14(19)9-12(15)17(21)13(11-20)18(22)23/h9-11,21H,3-8,20H2,1-2H3,(H,22,23)/b13-11+,21-17?. The molecular formula is C18H25ClN2O4. The van der Waals surface area contributed by atoms with Gasteiger partial charge in [-0.05, 0) is 18.9 Å². The maximum Gasteiger partial charge on any atom is 0.339 e. The van der Waals surface area contributed by atoms with Gasteiger partial charge in [-0.3, -0.25) is 5.41 Å². The molecule has 0 amide bonds. The van der Waals surface area contributed by atoms with Gasteiger partial charge in [0.2, 0.25) is 0 Å². The minimum atomic E-state index is -1.29. The Labute approximate surface area is 153 Å². The number of aliphatic carboxylic acids is 1. The van der Waals surface area contributed by atoms with E-state index in [-0.39, 0.29) is 16.8 Å². The van der Waals surface area contributed by atoms with E-state index in [9.17, 15) is 9.90 Å². The lowest BCUT2D eigenvalue weighted by Gasteiger charge is -2.16. The van der Waals surface area contributed by atoms with Crippen molar-refractivity contribution in [2.75, 3.05) is 13.2 Å². The third kappa shape index (κ3) is 5.98. The SMILES string of the molecule is CCCCOc1cc(OCCCC)c(C(=N)/C(=C\N)C(=O)O)cc1Cl. The number of carboxylic acids is 1. The summed E-state index contributed by atoms with van der Waals surface area (Å²) in [5.41, 5.74) is 5.03. The van der Waals surface area contributed by atoms with Crippen LogP contribution in [0.25, 0.3) is 0 Å². The smallest absolute Gasteiger partial charge is 0.339 e. The molecular weight excluding hydrogens is 344 g/mol. The lowest BCUT2D eigenvalue weighted by atomic mass is 10.0. The molecule has 0 aliphatic heterocycles. The number of nitrogens with two attached hydrogens (primary N) is 1. The van der Waals surface area contributed by atoms with Crippen molar-refractivity contribution in [2.24, 2.45) is 5.73 Å². The molecule has 1 aromatic carbocycles.